The van der Waals surface area contributed by atoms with Gasteiger partial charge in [0, 0.05) is 12.3 Å². The van der Waals surface area contributed by atoms with Gasteiger partial charge in [0.1, 0.15) is 0 Å². The number of ether oxygens (including phenoxy) is 5. The molecule has 0 unspecified atom stereocenters. The molecule has 0 saturated carbocycles. The Morgan fingerprint density at radius 2 is 1.75 bits per heavy atom. The van der Waals surface area contributed by atoms with Gasteiger partial charge in [-0.15, -0.1) is 0 Å². The molecule has 2 aromatic rings. The van der Waals surface area contributed by atoms with Gasteiger partial charge in [0.05, 0.1) is 20.8 Å². The van der Waals surface area contributed by atoms with Crippen molar-refractivity contribution < 1.29 is 33.6 Å². The lowest BCUT2D eigenvalue weighted by molar-refractivity contribution is -0.154. The molecule has 1 saturated heterocycles. The molecule has 2 aliphatic rings. The van der Waals surface area contributed by atoms with Gasteiger partial charge in [-0.3, -0.25) is 0 Å². The van der Waals surface area contributed by atoms with Gasteiger partial charge in [0.15, 0.2) is 28.6 Å². The molecule has 2 aromatic carbocycles. The van der Waals surface area contributed by atoms with Crippen LogP contribution >= 0.6 is 0 Å². The third kappa shape index (κ3) is 3.22. The average Bonchev–Trinajstić information content (AvgIpc) is 3.27. The Kier molecular flexibility index (Phi) is 4.77. The van der Waals surface area contributed by atoms with Gasteiger partial charge < -0.3 is 28.8 Å². The van der Waals surface area contributed by atoms with Gasteiger partial charge in [-0.25, -0.2) is 4.79 Å². The van der Waals surface area contributed by atoms with E-state index in [4.69, 9.17) is 23.7 Å². The van der Waals surface area contributed by atoms with Crippen LogP contribution in [0.15, 0.2) is 36.4 Å². The van der Waals surface area contributed by atoms with E-state index < -0.39 is 11.6 Å². The van der Waals surface area contributed by atoms with Crippen LogP contribution in [-0.2, 0) is 22.4 Å². The zero-order chi connectivity index (χ0) is 19.7. The van der Waals surface area contributed by atoms with E-state index in [-0.39, 0.29) is 25.7 Å². The monoisotopic (exact) mass is 386 g/mol. The molecule has 0 bridgehead atoms. The van der Waals surface area contributed by atoms with E-state index in [9.17, 15) is 9.90 Å². The minimum atomic E-state index is -1.62. The largest absolute Gasteiger partial charge is 0.493 e. The summed E-state index contributed by atoms with van der Waals surface area (Å²) >= 11 is 0. The number of rotatable bonds is 6. The van der Waals surface area contributed by atoms with Crippen LogP contribution in [-0.4, -0.2) is 44.3 Å². The van der Waals surface area contributed by atoms with Gasteiger partial charge >= 0.3 is 5.97 Å². The molecule has 2 atom stereocenters. The van der Waals surface area contributed by atoms with Gasteiger partial charge in [0.25, 0.3) is 0 Å². The van der Waals surface area contributed by atoms with Crippen LogP contribution < -0.4 is 18.9 Å². The quantitative estimate of drug-likeness (QED) is 0.762. The van der Waals surface area contributed by atoms with Crippen molar-refractivity contribution >= 4 is 5.97 Å². The SMILES string of the molecule is COc1ccc(C[C@@]2(O)C(=O)OC[C@@H]2Cc2ccc3c(c2)OCO3)cc1OC. The third-order valence-corrected chi connectivity index (χ3v) is 5.29. The molecule has 0 aromatic heterocycles. The highest BCUT2D eigenvalue weighted by molar-refractivity contribution is 5.82. The molecule has 7 nitrogen and oxygen atoms in total. The van der Waals surface area contributed by atoms with Crippen molar-refractivity contribution in [2.75, 3.05) is 27.6 Å². The van der Waals surface area contributed by atoms with Crippen LogP contribution in [0.25, 0.3) is 0 Å². The fraction of sp³-hybridized carbons (Fsp3) is 0.381. The highest BCUT2D eigenvalue weighted by Gasteiger charge is 2.51. The topological polar surface area (TPSA) is 83.5 Å². The Hall–Kier alpha value is -2.93. The summed E-state index contributed by atoms with van der Waals surface area (Å²) in [6.07, 6.45) is 0.605. The van der Waals surface area contributed by atoms with E-state index in [1.165, 1.54) is 0 Å². The highest BCUT2D eigenvalue weighted by atomic mass is 16.7. The number of cyclic esters (lactones) is 1. The van der Waals surface area contributed by atoms with E-state index in [1.54, 1.807) is 26.4 Å². The van der Waals surface area contributed by atoms with Crippen LogP contribution in [0.3, 0.4) is 0 Å². The number of hydrogen-bond donors (Lipinski definition) is 1. The van der Waals surface area contributed by atoms with Crippen molar-refractivity contribution in [2.24, 2.45) is 5.92 Å². The molecule has 148 valence electrons. The van der Waals surface area contributed by atoms with Gasteiger partial charge in [-0.2, -0.15) is 0 Å². The number of fused-ring (bicyclic) bond motifs is 1. The first kappa shape index (κ1) is 18.4. The van der Waals surface area contributed by atoms with E-state index >= 15 is 0 Å². The Labute approximate surface area is 162 Å². The number of esters is 1. The van der Waals surface area contributed by atoms with E-state index in [1.807, 2.05) is 24.3 Å². The summed E-state index contributed by atoms with van der Waals surface area (Å²) in [6, 6.07) is 10.9. The van der Waals surface area contributed by atoms with Crippen molar-refractivity contribution in [3.8, 4) is 23.0 Å². The number of carbonyl (C=O) groups excluding carboxylic acids is 1. The fourth-order valence-corrected chi connectivity index (χ4v) is 3.70. The smallest absolute Gasteiger partial charge is 0.338 e. The number of aliphatic hydroxyl groups is 1. The first-order valence-electron chi connectivity index (χ1n) is 9.02. The predicted molar refractivity (Wildman–Crippen MR) is 98.9 cm³/mol. The summed E-state index contributed by atoms with van der Waals surface area (Å²) in [5.41, 5.74) is 0.0867. The number of benzene rings is 2. The molecule has 2 heterocycles. The maximum Gasteiger partial charge on any atom is 0.338 e. The van der Waals surface area contributed by atoms with Crippen molar-refractivity contribution in [1.29, 1.82) is 0 Å². The molecule has 7 heteroatoms. The van der Waals surface area contributed by atoms with Crippen molar-refractivity contribution in [3.05, 3.63) is 47.5 Å². The average molecular weight is 386 g/mol. The molecule has 4 rings (SSSR count). The number of methoxy groups -OCH3 is 2. The van der Waals surface area contributed by atoms with Gasteiger partial charge in [0.2, 0.25) is 6.79 Å². The lowest BCUT2D eigenvalue weighted by atomic mass is 9.81. The minimum absolute atomic E-state index is 0.126. The maximum absolute atomic E-state index is 12.4. The summed E-state index contributed by atoms with van der Waals surface area (Å²) in [4.78, 5) is 12.4. The summed E-state index contributed by atoms with van der Waals surface area (Å²) in [5.74, 6) is 1.52. The Morgan fingerprint density at radius 1 is 1.00 bits per heavy atom. The first-order valence-corrected chi connectivity index (χ1v) is 9.02. The molecular formula is C21H22O7. The van der Waals surface area contributed by atoms with Crippen LogP contribution in [0.2, 0.25) is 0 Å². The molecule has 1 fully saturated rings. The van der Waals surface area contributed by atoms with Crippen LogP contribution in [0, 0.1) is 5.92 Å². The number of hydrogen-bond acceptors (Lipinski definition) is 7. The molecular weight excluding hydrogens is 364 g/mol. The molecule has 1 N–H and O–H groups in total. The molecule has 0 amide bonds. The number of carbonyl (C=O) groups is 1. The molecule has 28 heavy (non-hydrogen) atoms. The summed E-state index contributed by atoms with van der Waals surface area (Å²) in [5, 5.41) is 11.2. The lowest BCUT2D eigenvalue weighted by Crippen LogP contribution is -2.44. The Balaban J connectivity index is 1.56. The zero-order valence-electron chi connectivity index (χ0n) is 15.8. The zero-order valence-corrected chi connectivity index (χ0v) is 15.8. The fourth-order valence-electron chi connectivity index (χ4n) is 3.70. The summed E-state index contributed by atoms with van der Waals surface area (Å²) in [7, 11) is 3.10. The summed E-state index contributed by atoms with van der Waals surface area (Å²) < 4.78 is 26.5. The lowest BCUT2D eigenvalue weighted by Gasteiger charge is -2.26. The van der Waals surface area contributed by atoms with E-state index in [0.29, 0.717) is 29.4 Å². The van der Waals surface area contributed by atoms with Crippen LogP contribution in [0.5, 0.6) is 23.0 Å². The van der Waals surface area contributed by atoms with Gasteiger partial charge in [-0.05, 0) is 41.8 Å². The second kappa shape index (κ2) is 7.24. The van der Waals surface area contributed by atoms with Crippen molar-refractivity contribution in [1.82, 2.24) is 0 Å². The molecule has 0 aliphatic carbocycles. The predicted octanol–water partition coefficient (Wildman–Crippen LogP) is 2.12. The summed E-state index contributed by atoms with van der Waals surface area (Å²) in [6.45, 7) is 0.365. The first-order chi connectivity index (χ1) is 13.5. The molecule has 0 spiro atoms. The molecule has 0 radical (unpaired) electrons. The molecule has 2 aliphatic heterocycles. The third-order valence-electron chi connectivity index (χ3n) is 5.29. The van der Waals surface area contributed by atoms with Crippen molar-refractivity contribution in [2.45, 2.75) is 18.4 Å². The second-order valence-corrected chi connectivity index (χ2v) is 6.98. The highest BCUT2D eigenvalue weighted by Crippen LogP contribution is 2.38. The Bertz CT molecular complexity index is 894. The normalized spacial score (nSPS) is 22.8. The standard InChI is InChI=1S/C21H22O7/c1-24-16-5-4-14(9-18(16)25-2)10-21(23)15(11-26-20(21)22)7-13-3-6-17-19(8-13)28-12-27-17/h3-6,8-9,15,23H,7,10-12H2,1-2H3/t15-,21-/m0/s1. The van der Waals surface area contributed by atoms with Gasteiger partial charge in [-0.1, -0.05) is 12.1 Å². The maximum atomic E-state index is 12.4. The van der Waals surface area contributed by atoms with Crippen LogP contribution in [0.1, 0.15) is 11.1 Å². The van der Waals surface area contributed by atoms with Crippen molar-refractivity contribution in [3.63, 3.8) is 0 Å². The Morgan fingerprint density at radius 3 is 2.54 bits per heavy atom. The minimum Gasteiger partial charge on any atom is -0.493 e. The second-order valence-electron chi connectivity index (χ2n) is 6.98. The van der Waals surface area contributed by atoms with E-state index in [0.717, 1.165) is 11.1 Å². The van der Waals surface area contributed by atoms with E-state index in [2.05, 4.69) is 0 Å². The van der Waals surface area contributed by atoms with Crippen LogP contribution in [0.4, 0.5) is 0 Å².